The molecular formula is C44H26N4OS. The van der Waals surface area contributed by atoms with Crippen LogP contribution in [0.4, 0.5) is 0 Å². The number of hydrogen-bond acceptors (Lipinski definition) is 6. The van der Waals surface area contributed by atoms with E-state index in [9.17, 15) is 0 Å². The zero-order valence-electron chi connectivity index (χ0n) is 26.6. The lowest BCUT2D eigenvalue weighted by Crippen LogP contribution is -2.01. The first-order valence-corrected chi connectivity index (χ1v) is 17.3. The van der Waals surface area contributed by atoms with Crippen molar-refractivity contribution in [2.24, 2.45) is 0 Å². The lowest BCUT2D eigenvalue weighted by Gasteiger charge is -2.13. The maximum atomic E-state index is 6.49. The van der Waals surface area contributed by atoms with Crippen molar-refractivity contribution in [2.45, 2.75) is 0 Å². The monoisotopic (exact) mass is 658 g/mol. The number of aromatic nitrogens is 4. The van der Waals surface area contributed by atoms with Gasteiger partial charge in [-0.25, -0.2) is 19.9 Å². The summed E-state index contributed by atoms with van der Waals surface area (Å²) in [4.78, 5) is 20.9. The Balaban J connectivity index is 1.31. The summed E-state index contributed by atoms with van der Waals surface area (Å²) in [5.41, 5.74) is 8.35. The van der Waals surface area contributed by atoms with Crippen LogP contribution in [0, 0.1) is 0 Å². The maximum Gasteiger partial charge on any atom is 0.166 e. The second-order valence-electron chi connectivity index (χ2n) is 12.2. The van der Waals surface area contributed by atoms with Crippen molar-refractivity contribution in [3.8, 4) is 55.9 Å². The van der Waals surface area contributed by atoms with Crippen LogP contribution in [0.5, 0.6) is 0 Å². The van der Waals surface area contributed by atoms with Crippen LogP contribution in [0.2, 0.25) is 0 Å². The van der Waals surface area contributed by atoms with Crippen LogP contribution in [0.25, 0.3) is 98.8 Å². The van der Waals surface area contributed by atoms with E-state index in [1.54, 1.807) is 11.3 Å². The molecule has 10 aromatic rings. The molecule has 7 aromatic carbocycles. The lowest BCUT2D eigenvalue weighted by atomic mass is 9.99. The van der Waals surface area contributed by atoms with Crippen molar-refractivity contribution >= 4 is 54.3 Å². The van der Waals surface area contributed by atoms with Gasteiger partial charge < -0.3 is 4.42 Å². The summed E-state index contributed by atoms with van der Waals surface area (Å²) in [5, 5.41) is 5.19. The van der Waals surface area contributed by atoms with Gasteiger partial charge in [0.25, 0.3) is 0 Å². The molecule has 0 aliphatic carbocycles. The quantitative estimate of drug-likeness (QED) is 0.184. The summed E-state index contributed by atoms with van der Waals surface area (Å²) in [6.45, 7) is 0. The van der Waals surface area contributed by atoms with Crippen molar-refractivity contribution in [3.05, 3.63) is 158 Å². The predicted molar refractivity (Wildman–Crippen MR) is 205 cm³/mol. The van der Waals surface area contributed by atoms with Gasteiger partial charge in [-0.3, -0.25) is 0 Å². The van der Waals surface area contributed by atoms with Crippen LogP contribution in [0.3, 0.4) is 0 Å². The summed E-state index contributed by atoms with van der Waals surface area (Å²) in [5.74, 6) is 1.78. The molecule has 0 spiro atoms. The van der Waals surface area contributed by atoms with Gasteiger partial charge in [-0.15, -0.1) is 11.3 Å². The van der Waals surface area contributed by atoms with Crippen LogP contribution in [-0.2, 0) is 0 Å². The van der Waals surface area contributed by atoms with E-state index in [4.69, 9.17) is 24.4 Å². The summed E-state index contributed by atoms with van der Waals surface area (Å²) < 4.78 is 7.49. The lowest BCUT2D eigenvalue weighted by molar-refractivity contribution is 0.669. The first-order chi connectivity index (χ1) is 24.8. The zero-order valence-corrected chi connectivity index (χ0v) is 27.4. The third-order valence-electron chi connectivity index (χ3n) is 9.16. The van der Waals surface area contributed by atoms with E-state index >= 15 is 0 Å². The molecular weight excluding hydrogens is 633 g/mol. The van der Waals surface area contributed by atoms with Crippen LogP contribution in [0.15, 0.2) is 162 Å². The average Bonchev–Trinajstić information content (AvgIpc) is 3.78. The Morgan fingerprint density at radius 3 is 1.94 bits per heavy atom. The molecule has 0 unspecified atom stereocenters. The van der Waals surface area contributed by atoms with E-state index in [-0.39, 0.29) is 0 Å². The molecule has 0 atom stereocenters. The minimum Gasteiger partial charge on any atom is -0.456 e. The fraction of sp³-hybridized carbons (Fsp3) is 0. The van der Waals surface area contributed by atoms with Gasteiger partial charge >= 0.3 is 0 Å². The minimum absolute atomic E-state index is 0.575. The molecule has 0 saturated heterocycles. The van der Waals surface area contributed by atoms with E-state index in [1.807, 2.05) is 54.6 Å². The molecule has 6 heteroatoms. The van der Waals surface area contributed by atoms with Gasteiger partial charge in [0.1, 0.15) is 16.2 Å². The van der Waals surface area contributed by atoms with Crippen molar-refractivity contribution in [2.75, 3.05) is 0 Å². The minimum atomic E-state index is 0.575. The average molecular weight is 659 g/mol. The molecule has 3 heterocycles. The van der Waals surface area contributed by atoms with E-state index in [1.165, 1.54) is 0 Å². The van der Waals surface area contributed by atoms with Crippen LogP contribution in [0.1, 0.15) is 0 Å². The van der Waals surface area contributed by atoms with Crippen molar-refractivity contribution in [1.29, 1.82) is 0 Å². The SMILES string of the molecule is c1ccc(-c2nc3cc4oc5ccccc5c4c(-c4nc(-c5ccc6ccccc6c5)nc(-c5ccccc5-c5ccccc5)n4)c3s2)cc1. The number of furan rings is 1. The number of thiazole rings is 1. The Morgan fingerprint density at radius 2 is 1.10 bits per heavy atom. The smallest absolute Gasteiger partial charge is 0.166 e. The van der Waals surface area contributed by atoms with E-state index in [2.05, 4.69) is 103 Å². The normalized spacial score (nSPS) is 11.6. The standard InChI is InChI=1S/C44H26N4OS/c1-3-14-28(15-4-1)32-19-9-10-20-33(32)42-46-41(31-24-23-27-13-7-8-18-30(27)25-31)47-43(48-42)39-38-34-21-11-12-22-36(34)49-37(38)26-35-40(39)50-44(45-35)29-16-5-2-6-17-29/h1-26H. The third-order valence-corrected chi connectivity index (χ3v) is 10.3. The molecule has 0 fully saturated rings. The number of benzene rings is 7. The fourth-order valence-corrected chi connectivity index (χ4v) is 7.90. The molecule has 50 heavy (non-hydrogen) atoms. The molecule has 0 aliphatic heterocycles. The summed E-state index contributed by atoms with van der Waals surface area (Å²) in [7, 11) is 0. The largest absolute Gasteiger partial charge is 0.456 e. The Hall–Kier alpha value is -6.50. The van der Waals surface area contributed by atoms with Crippen molar-refractivity contribution < 1.29 is 4.42 Å². The zero-order chi connectivity index (χ0) is 33.0. The maximum absolute atomic E-state index is 6.49. The number of nitrogens with zero attached hydrogens (tertiary/aromatic N) is 4. The molecule has 234 valence electrons. The van der Waals surface area contributed by atoms with Gasteiger partial charge in [-0.05, 0) is 34.0 Å². The summed E-state index contributed by atoms with van der Waals surface area (Å²) >= 11 is 1.65. The Kier molecular flexibility index (Phi) is 6.60. The summed E-state index contributed by atoms with van der Waals surface area (Å²) in [6.07, 6.45) is 0. The van der Waals surface area contributed by atoms with Gasteiger partial charge in [-0.1, -0.05) is 140 Å². The highest BCUT2D eigenvalue weighted by Gasteiger charge is 2.24. The molecule has 0 bridgehead atoms. The Morgan fingerprint density at radius 1 is 0.440 bits per heavy atom. The highest BCUT2D eigenvalue weighted by Crippen LogP contribution is 2.45. The highest BCUT2D eigenvalue weighted by molar-refractivity contribution is 7.22. The highest BCUT2D eigenvalue weighted by atomic mass is 32.1. The second kappa shape index (κ2) is 11.6. The Bertz CT molecular complexity index is 2880. The molecule has 0 N–H and O–H groups in total. The molecule has 0 saturated carbocycles. The Labute approximate surface area is 291 Å². The van der Waals surface area contributed by atoms with Crippen molar-refractivity contribution in [1.82, 2.24) is 19.9 Å². The number of rotatable bonds is 5. The van der Waals surface area contributed by atoms with E-state index in [0.29, 0.717) is 17.5 Å². The molecule has 0 radical (unpaired) electrons. The number of hydrogen-bond donors (Lipinski definition) is 0. The van der Waals surface area contributed by atoms with E-state index in [0.717, 1.165) is 81.3 Å². The van der Waals surface area contributed by atoms with Crippen LogP contribution >= 0.6 is 11.3 Å². The third kappa shape index (κ3) is 4.77. The van der Waals surface area contributed by atoms with Gasteiger partial charge in [0, 0.05) is 33.5 Å². The fourth-order valence-electron chi connectivity index (χ4n) is 6.80. The molecule has 10 rings (SSSR count). The molecule has 3 aromatic heterocycles. The number of para-hydroxylation sites is 1. The van der Waals surface area contributed by atoms with Crippen molar-refractivity contribution in [3.63, 3.8) is 0 Å². The molecule has 5 nitrogen and oxygen atoms in total. The van der Waals surface area contributed by atoms with Gasteiger partial charge in [-0.2, -0.15) is 0 Å². The van der Waals surface area contributed by atoms with Gasteiger partial charge in [0.15, 0.2) is 17.5 Å². The van der Waals surface area contributed by atoms with E-state index < -0.39 is 0 Å². The topological polar surface area (TPSA) is 64.7 Å². The first kappa shape index (κ1) is 28.5. The summed E-state index contributed by atoms with van der Waals surface area (Å²) in [6, 6.07) is 53.9. The van der Waals surface area contributed by atoms with Crippen LogP contribution in [-0.4, -0.2) is 19.9 Å². The van der Waals surface area contributed by atoms with Gasteiger partial charge in [0.05, 0.1) is 15.8 Å². The second-order valence-corrected chi connectivity index (χ2v) is 13.2. The molecule has 0 aliphatic rings. The van der Waals surface area contributed by atoms with Crippen LogP contribution < -0.4 is 0 Å². The predicted octanol–water partition coefficient (Wildman–Crippen LogP) is 11.9. The number of fused-ring (bicyclic) bond motifs is 5. The van der Waals surface area contributed by atoms with Gasteiger partial charge in [0.2, 0.25) is 0 Å². The first-order valence-electron chi connectivity index (χ1n) is 16.5. The molecule has 0 amide bonds.